The molecule has 1 rings (SSSR count). The van der Waals surface area contributed by atoms with Crippen LogP contribution in [0.25, 0.3) is 0 Å². The van der Waals surface area contributed by atoms with E-state index in [2.05, 4.69) is 0 Å². The van der Waals surface area contributed by atoms with Gasteiger partial charge < -0.3 is 9.84 Å². The third-order valence-electron chi connectivity index (χ3n) is 1.31. The molecule has 0 aromatic carbocycles. The topological polar surface area (TPSA) is 46.5 Å². The van der Waals surface area contributed by atoms with Gasteiger partial charge in [0.25, 0.3) is 0 Å². The summed E-state index contributed by atoms with van der Waals surface area (Å²) in [6.45, 7) is 1.38. The molecule has 0 amide bonds. The average molecular weight is 154 g/mol. The number of esters is 1. The van der Waals surface area contributed by atoms with Gasteiger partial charge in [0.1, 0.15) is 11.9 Å². The summed E-state index contributed by atoms with van der Waals surface area (Å²) < 4.78 is 4.78. The van der Waals surface area contributed by atoms with Gasteiger partial charge in [0.05, 0.1) is 0 Å². The van der Waals surface area contributed by atoms with Gasteiger partial charge in [-0.3, -0.25) is 0 Å². The minimum Gasteiger partial charge on any atom is -0.429 e. The van der Waals surface area contributed by atoms with Crippen LogP contribution in [-0.2, 0) is 9.53 Å². The zero-order chi connectivity index (χ0) is 8.27. The quantitative estimate of drug-likeness (QED) is 0.597. The highest BCUT2D eigenvalue weighted by Gasteiger charge is 2.12. The van der Waals surface area contributed by atoms with Crippen LogP contribution < -0.4 is 0 Å². The van der Waals surface area contributed by atoms with Gasteiger partial charge in [0.2, 0.25) is 0 Å². The van der Waals surface area contributed by atoms with Gasteiger partial charge in [0, 0.05) is 6.42 Å². The van der Waals surface area contributed by atoms with Crippen molar-refractivity contribution >= 4 is 5.97 Å². The van der Waals surface area contributed by atoms with E-state index in [4.69, 9.17) is 9.84 Å². The molecule has 11 heavy (non-hydrogen) atoms. The minimum absolute atomic E-state index is 0.593. The molecule has 0 unspecified atom stereocenters. The van der Waals surface area contributed by atoms with Crippen LogP contribution in [0.5, 0.6) is 0 Å². The summed E-state index contributed by atoms with van der Waals surface area (Å²) in [5.74, 6) is -0.00384. The molecule has 0 bridgehead atoms. The van der Waals surface area contributed by atoms with E-state index in [-0.39, 0.29) is 0 Å². The first-order chi connectivity index (χ1) is 5.20. The van der Waals surface area contributed by atoms with Crippen LogP contribution in [0.15, 0.2) is 24.0 Å². The van der Waals surface area contributed by atoms with E-state index in [0.717, 1.165) is 0 Å². The number of aliphatic hydroxyl groups excluding tert-OH is 1. The van der Waals surface area contributed by atoms with Crippen molar-refractivity contribution in [2.24, 2.45) is 0 Å². The molecule has 60 valence electrons. The summed E-state index contributed by atoms with van der Waals surface area (Å²) >= 11 is 0. The number of allylic oxidation sites excluding steroid dienone is 3. The molecule has 1 aliphatic rings. The lowest BCUT2D eigenvalue weighted by molar-refractivity contribution is -0.148. The van der Waals surface area contributed by atoms with Crippen molar-refractivity contribution < 1.29 is 14.6 Å². The third-order valence-corrected chi connectivity index (χ3v) is 1.31. The van der Waals surface area contributed by atoms with Crippen LogP contribution in [0.3, 0.4) is 0 Å². The first kappa shape index (κ1) is 8.01. The maximum absolute atomic E-state index is 10.8. The zero-order valence-corrected chi connectivity index (χ0v) is 6.28. The Bertz CT molecular complexity index is 213. The van der Waals surface area contributed by atoms with Crippen molar-refractivity contribution in [3.8, 4) is 0 Å². The van der Waals surface area contributed by atoms with Crippen molar-refractivity contribution in [1.82, 2.24) is 0 Å². The Labute approximate surface area is 65.0 Å². The summed E-state index contributed by atoms with van der Waals surface area (Å²) in [5, 5.41) is 8.76. The SMILES string of the molecule is C[C@@H](O)C(=O)OC1=CC=CC1. The maximum atomic E-state index is 10.8. The van der Waals surface area contributed by atoms with Gasteiger partial charge in [0.15, 0.2) is 0 Å². The van der Waals surface area contributed by atoms with Crippen molar-refractivity contribution in [3.63, 3.8) is 0 Å². The van der Waals surface area contributed by atoms with E-state index < -0.39 is 12.1 Å². The molecule has 3 heteroatoms. The van der Waals surface area contributed by atoms with E-state index in [1.807, 2.05) is 12.2 Å². The summed E-state index contributed by atoms with van der Waals surface area (Å²) in [6, 6.07) is 0. The van der Waals surface area contributed by atoms with Gasteiger partial charge in [-0.25, -0.2) is 4.79 Å². The van der Waals surface area contributed by atoms with E-state index in [1.54, 1.807) is 6.08 Å². The number of ether oxygens (including phenoxy) is 1. The number of carbonyl (C=O) groups excluding carboxylic acids is 1. The molecular formula is C8H10O3. The van der Waals surface area contributed by atoms with Crippen LogP contribution in [0, 0.1) is 0 Å². The molecule has 0 spiro atoms. The Kier molecular flexibility index (Phi) is 2.44. The number of hydrogen-bond donors (Lipinski definition) is 1. The van der Waals surface area contributed by atoms with E-state index in [0.29, 0.717) is 12.2 Å². The Morgan fingerprint density at radius 2 is 2.55 bits per heavy atom. The van der Waals surface area contributed by atoms with Gasteiger partial charge >= 0.3 is 5.97 Å². The first-order valence-electron chi connectivity index (χ1n) is 3.45. The molecule has 0 radical (unpaired) electrons. The lowest BCUT2D eigenvalue weighted by Crippen LogP contribution is -2.18. The lowest BCUT2D eigenvalue weighted by atomic mass is 10.4. The van der Waals surface area contributed by atoms with E-state index in [1.165, 1.54) is 6.92 Å². The smallest absolute Gasteiger partial charge is 0.339 e. The first-order valence-corrected chi connectivity index (χ1v) is 3.45. The highest BCUT2D eigenvalue weighted by atomic mass is 16.6. The lowest BCUT2D eigenvalue weighted by Gasteiger charge is -2.05. The zero-order valence-electron chi connectivity index (χ0n) is 6.28. The molecule has 0 saturated carbocycles. The second-order valence-corrected chi connectivity index (χ2v) is 2.36. The molecule has 0 heterocycles. The molecule has 1 aliphatic carbocycles. The molecule has 1 N–H and O–H groups in total. The van der Waals surface area contributed by atoms with Crippen LogP contribution >= 0.6 is 0 Å². The fourth-order valence-corrected chi connectivity index (χ4v) is 0.718. The number of carbonyl (C=O) groups is 1. The molecule has 0 aromatic rings. The standard InChI is InChI=1S/C8H10O3/c1-6(9)8(10)11-7-4-2-3-5-7/h2-4,6,9H,5H2,1H3/t6-/m1/s1. The number of rotatable bonds is 2. The van der Waals surface area contributed by atoms with Crippen molar-refractivity contribution in [2.75, 3.05) is 0 Å². The maximum Gasteiger partial charge on any atom is 0.339 e. The van der Waals surface area contributed by atoms with Gasteiger partial charge in [-0.15, -0.1) is 0 Å². The molecule has 0 saturated heterocycles. The summed E-state index contributed by atoms with van der Waals surface area (Å²) in [6.07, 6.45) is 4.99. The Balaban J connectivity index is 2.37. The van der Waals surface area contributed by atoms with Crippen molar-refractivity contribution in [1.29, 1.82) is 0 Å². The molecule has 3 nitrogen and oxygen atoms in total. The summed E-state index contributed by atoms with van der Waals surface area (Å²) in [5.41, 5.74) is 0. The van der Waals surface area contributed by atoms with Crippen LogP contribution in [0.4, 0.5) is 0 Å². The largest absolute Gasteiger partial charge is 0.429 e. The van der Waals surface area contributed by atoms with Crippen molar-refractivity contribution in [2.45, 2.75) is 19.4 Å². The van der Waals surface area contributed by atoms with Gasteiger partial charge in [-0.2, -0.15) is 0 Å². The highest BCUT2D eigenvalue weighted by molar-refractivity contribution is 5.75. The Morgan fingerprint density at radius 3 is 3.00 bits per heavy atom. The van der Waals surface area contributed by atoms with Gasteiger partial charge in [-0.05, 0) is 13.0 Å². The molecule has 1 atom stereocenters. The molecular weight excluding hydrogens is 144 g/mol. The van der Waals surface area contributed by atoms with E-state index in [9.17, 15) is 4.79 Å². The predicted octanol–water partition coefficient (Wildman–Crippen LogP) is 0.754. The van der Waals surface area contributed by atoms with Gasteiger partial charge in [-0.1, -0.05) is 12.2 Å². The highest BCUT2D eigenvalue weighted by Crippen LogP contribution is 2.12. The second kappa shape index (κ2) is 3.34. The van der Waals surface area contributed by atoms with Crippen LogP contribution in [-0.4, -0.2) is 17.2 Å². The minimum atomic E-state index is -1.04. The van der Waals surface area contributed by atoms with Crippen LogP contribution in [0.2, 0.25) is 0 Å². The van der Waals surface area contributed by atoms with E-state index >= 15 is 0 Å². The fourth-order valence-electron chi connectivity index (χ4n) is 0.718. The second-order valence-electron chi connectivity index (χ2n) is 2.36. The molecule has 0 aliphatic heterocycles. The monoisotopic (exact) mass is 154 g/mol. The summed E-state index contributed by atoms with van der Waals surface area (Å²) in [7, 11) is 0. The molecule has 0 aromatic heterocycles. The normalized spacial score (nSPS) is 17.8. The Hall–Kier alpha value is -1.09. The number of aliphatic hydroxyl groups is 1. The average Bonchev–Trinajstić information content (AvgIpc) is 2.39. The van der Waals surface area contributed by atoms with Crippen LogP contribution in [0.1, 0.15) is 13.3 Å². The fraction of sp³-hybridized carbons (Fsp3) is 0.375. The summed E-state index contributed by atoms with van der Waals surface area (Å²) in [4.78, 5) is 10.8. The molecule has 0 fully saturated rings. The third kappa shape index (κ3) is 2.20. The predicted molar refractivity (Wildman–Crippen MR) is 39.6 cm³/mol. The van der Waals surface area contributed by atoms with Crippen molar-refractivity contribution in [3.05, 3.63) is 24.0 Å². The Morgan fingerprint density at radius 1 is 1.82 bits per heavy atom. The number of hydrogen-bond acceptors (Lipinski definition) is 3.